The fourth-order valence-electron chi connectivity index (χ4n) is 1.32. The van der Waals surface area contributed by atoms with Crippen molar-refractivity contribution in [2.24, 2.45) is 5.84 Å². The lowest BCUT2D eigenvalue weighted by atomic mass is 10.3. The molecular weight excluding hydrogens is 298 g/mol. The van der Waals surface area contributed by atoms with Crippen molar-refractivity contribution >= 4 is 40.7 Å². The lowest BCUT2D eigenvalue weighted by molar-refractivity contribution is 0.0844. The second kappa shape index (κ2) is 6.38. The number of rotatable bonds is 2. The molecule has 2 rings (SSSR count). The van der Waals surface area contributed by atoms with Crippen LogP contribution in [0.3, 0.4) is 0 Å². The van der Waals surface area contributed by atoms with Crippen LogP contribution >= 0.6 is 23.8 Å². The summed E-state index contributed by atoms with van der Waals surface area (Å²) < 4.78 is 0. The van der Waals surface area contributed by atoms with Crippen LogP contribution in [0.15, 0.2) is 42.7 Å². The highest BCUT2D eigenvalue weighted by Gasteiger charge is 2.17. The van der Waals surface area contributed by atoms with Gasteiger partial charge in [-0.3, -0.25) is 9.78 Å². The number of pyridine rings is 2. The monoisotopic (exact) mass is 307 g/mol. The van der Waals surface area contributed by atoms with Gasteiger partial charge in [0.25, 0.3) is 5.91 Å². The Morgan fingerprint density at radius 2 is 2.10 bits per heavy atom. The fraction of sp³-hybridized carbons (Fsp3) is 0. The molecule has 0 aliphatic rings. The van der Waals surface area contributed by atoms with Crippen molar-refractivity contribution in [2.75, 3.05) is 5.32 Å². The second-order valence-corrected chi connectivity index (χ2v) is 4.51. The van der Waals surface area contributed by atoms with E-state index in [1.807, 2.05) is 0 Å². The van der Waals surface area contributed by atoms with E-state index in [9.17, 15) is 4.79 Å². The maximum absolute atomic E-state index is 12.0. The molecule has 1 amide bonds. The first-order chi connectivity index (χ1) is 9.58. The van der Waals surface area contributed by atoms with Crippen molar-refractivity contribution in [1.29, 1.82) is 0 Å². The average Bonchev–Trinajstić information content (AvgIpc) is 2.49. The van der Waals surface area contributed by atoms with Crippen LogP contribution in [0.1, 0.15) is 10.5 Å². The van der Waals surface area contributed by atoms with Gasteiger partial charge in [-0.25, -0.2) is 15.8 Å². The molecule has 2 aromatic heterocycles. The SMILES string of the molecule is NN(C(=O)c1ccccn1)C(=S)Nc1ccc(Cl)cn1. The molecule has 0 fully saturated rings. The number of hydrogen-bond acceptors (Lipinski definition) is 5. The van der Waals surface area contributed by atoms with Gasteiger partial charge in [-0.1, -0.05) is 17.7 Å². The number of nitrogens with one attached hydrogen (secondary N) is 1. The molecule has 0 radical (unpaired) electrons. The van der Waals surface area contributed by atoms with Gasteiger partial charge in [0, 0.05) is 12.4 Å². The number of aromatic nitrogens is 2. The maximum Gasteiger partial charge on any atom is 0.292 e. The molecule has 0 aromatic carbocycles. The highest BCUT2D eigenvalue weighted by Crippen LogP contribution is 2.10. The van der Waals surface area contributed by atoms with Crippen LogP contribution in [0.5, 0.6) is 0 Å². The lowest BCUT2D eigenvalue weighted by Gasteiger charge is -2.17. The molecule has 0 bridgehead atoms. The van der Waals surface area contributed by atoms with Crippen molar-refractivity contribution < 1.29 is 4.79 Å². The normalized spacial score (nSPS) is 9.90. The molecule has 6 nitrogen and oxygen atoms in total. The standard InChI is InChI=1S/C12H10ClN5OS/c13-8-4-5-10(16-7-8)17-12(20)18(14)11(19)9-3-1-2-6-15-9/h1-7H,14H2,(H,16,17,20). The van der Waals surface area contributed by atoms with E-state index in [1.54, 1.807) is 30.3 Å². The number of nitrogens with zero attached hydrogens (tertiary/aromatic N) is 3. The number of halogens is 1. The third-order valence-corrected chi connectivity index (χ3v) is 2.81. The summed E-state index contributed by atoms with van der Waals surface area (Å²) in [5, 5.41) is 4.04. The quantitative estimate of drug-likeness (QED) is 0.381. The van der Waals surface area contributed by atoms with Gasteiger partial charge in [0.2, 0.25) is 0 Å². The molecular formula is C12H10ClN5OS. The summed E-state index contributed by atoms with van der Waals surface area (Å²) in [6.45, 7) is 0. The van der Waals surface area contributed by atoms with Gasteiger partial charge in [-0.05, 0) is 36.5 Å². The Morgan fingerprint density at radius 1 is 1.30 bits per heavy atom. The Labute approximate surface area is 125 Å². The third-order valence-electron chi connectivity index (χ3n) is 2.28. The summed E-state index contributed by atoms with van der Waals surface area (Å²) in [7, 11) is 0. The minimum atomic E-state index is -0.517. The van der Waals surface area contributed by atoms with Gasteiger partial charge < -0.3 is 5.32 Å². The molecule has 3 N–H and O–H groups in total. The Kier molecular flexibility index (Phi) is 4.57. The minimum absolute atomic E-state index is 0.00970. The number of hydrogen-bond donors (Lipinski definition) is 2. The van der Waals surface area contributed by atoms with Crippen LogP contribution in [-0.4, -0.2) is 26.0 Å². The van der Waals surface area contributed by atoms with Crippen molar-refractivity contribution in [3.63, 3.8) is 0 Å². The largest absolute Gasteiger partial charge is 0.316 e. The Bertz CT molecular complexity index is 620. The first-order valence-corrected chi connectivity index (χ1v) is 6.29. The average molecular weight is 308 g/mol. The van der Waals surface area contributed by atoms with Gasteiger partial charge in [-0.2, -0.15) is 0 Å². The molecule has 20 heavy (non-hydrogen) atoms. The van der Waals surface area contributed by atoms with E-state index in [-0.39, 0.29) is 10.8 Å². The number of amides is 1. The van der Waals surface area contributed by atoms with Crippen LogP contribution < -0.4 is 11.2 Å². The molecule has 0 unspecified atom stereocenters. The van der Waals surface area contributed by atoms with E-state index in [1.165, 1.54) is 12.4 Å². The maximum atomic E-state index is 12.0. The van der Waals surface area contributed by atoms with Crippen LogP contribution in [0.2, 0.25) is 5.02 Å². The van der Waals surface area contributed by atoms with Gasteiger partial charge in [-0.15, -0.1) is 0 Å². The summed E-state index contributed by atoms with van der Waals surface area (Å²) >= 11 is 10.8. The number of anilines is 1. The van der Waals surface area contributed by atoms with E-state index in [0.717, 1.165) is 5.01 Å². The van der Waals surface area contributed by atoms with E-state index in [4.69, 9.17) is 29.7 Å². The van der Waals surface area contributed by atoms with E-state index in [0.29, 0.717) is 10.8 Å². The van der Waals surface area contributed by atoms with Crippen LogP contribution in [-0.2, 0) is 0 Å². The van der Waals surface area contributed by atoms with E-state index < -0.39 is 5.91 Å². The summed E-state index contributed by atoms with van der Waals surface area (Å²) in [6.07, 6.45) is 2.95. The van der Waals surface area contributed by atoms with Crippen LogP contribution in [0.4, 0.5) is 5.82 Å². The van der Waals surface area contributed by atoms with Crippen LogP contribution in [0.25, 0.3) is 0 Å². The smallest absolute Gasteiger partial charge is 0.292 e. The predicted octanol–water partition coefficient (Wildman–Crippen LogP) is 1.84. The number of nitrogens with two attached hydrogens (primary N) is 1. The predicted molar refractivity (Wildman–Crippen MR) is 80.1 cm³/mol. The number of carbonyl (C=O) groups excluding carboxylic acids is 1. The van der Waals surface area contributed by atoms with Gasteiger partial charge >= 0.3 is 0 Å². The van der Waals surface area contributed by atoms with Gasteiger partial charge in [0.1, 0.15) is 11.5 Å². The number of hydrazine groups is 1. The Hall–Kier alpha value is -2.09. The molecule has 8 heteroatoms. The zero-order valence-corrected chi connectivity index (χ0v) is 11.7. The summed E-state index contributed by atoms with van der Waals surface area (Å²) in [5.74, 6) is 5.57. The minimum Gasteiger partial charge on any atom is -0.316 e. The first kappa shape index (κ1) is 14.3. The molecule has 102 valence electrons. The van der Waals surface area contributed by atoms with Gasteiger partial charge in [0.05, 0.1) is 5.02 Å². The highest BCUT2D eigenvalue weighted by atomic mass is 35.5. The molecule has 0 aliphatic heterocycles. The topological polar surface area (TPSA) is 84.1 Å². The summed E-state index contributed by atoms with van der Waals surface area (Å²) in [6, 6.07) is 8.19. The van der Waals surface area contributed by atoms with Crippen LogP contribution in [0, 0.1) is 0 Å². The van der Waals surface area contributed by atoms with Crippen molar-refractivity contribution in [2.45, 2.75) is 0 Å². The Morgan fingerprint density at radius 3 is 2.70 bits per heavy atom. The van der Waals surface area contributed by atoms with Gasteiger partial charge in [0.15, 0.2) is 5.11 Å². The second-order valence-electron chi connectivity index (χ2n) is 3.68. The van der Waals surface area contributed by atoms with Crippen molar-refractivity contribution in [3.05, 3.63) is 53.4 Å². The Balaban J connectivity index is 2.05. The molecule has 0 aliphatic carbocycles. The highest BCUT2D eigenvalue weighted by molar-refractivity contribution is 7.80. The zero-order valence-electron chi connectivity index (χ0n) is 10.2. The molecule has 0 saturated heterocycles. The molecule has 0 spiro atoms. The molecule has 0 saturated carbocycles. The fourth-order valence-corrected chi connectivity index (χ4v) is 1.62. The molecule has 2 heterocycles. The summed E-state index contributed by atoms with van der Waals surface area (Å²) in [4.78, 5) is 19.9. The van der Waals surface area contributed by atoms with E-state index >= 15 is 0 Å². The van der Waals surface area contributed by atoms with Crippen molar-refractivity contribution in [1.82, 2.24) is 15.0 Å². The van der Waals surface area contributed by atoms with E-state index in [2.05, 4.69) is 15.3 Å². The number of thiocarbonyl (C=S) groups is 1. The number of carbonyl (C=O) groups is 1. The first-order valence-electron chi connectivity index (χ1n) is 5.50. The van der Waals surface area contributed by atoms with Crippen molar-refractivity contribution in [3.8, 4) is 0 Å². The molecule has 0 atom stereocenters. The summed E-state index contributed by atoms with van der Waals surface area (Å²) in [5.41, 5.74) is 0.197. The zero-order chi connectivity index (χ0) is 14.5. The third kappa shape index (κ3) is 3.47. The lowest BCUT2D eigenvalue weighted by Crippen LogP contribution is -2.45. The molecule has 2 aromatic rings.